The molecule has 1 unspecified atom stereocenters. The summed E-state index contributed by atoms with van der Waals surface area (Å²) in [4.78, 5) is 96.5. The van der Waals surface area contributed by atoms with E-state index in [4.69, 9.17) is 0 Å². The van der Waals surface area contributed by atoms with Crippen LogP contribution < -0.4 is 0 Å². The minimum Gasteiger partial charge on any atom is -0.350 e. The Labute approximate surface area is 832 Å². The van der Waals surface area contributed by atoms with E-state index in [1.165, 1.54) is 43.8 Å². The lowest BCUT2D eigenvalue weighted by Gasteiger charge is -2.33. The number of imidazole rings is 1. The number of rotatable bonds is 21. The van der Waals surface area contributed by atoms with Crippen LogP contribution in [-0.2, 0) is 76.6 Å². The highest BCUT2D eigenvalue weighted by molar-refractivity contribution is 6.00. The zero-order chi connectivity index (χ0) is 103. The minimum atomic E-state index is -4.56. The van der Waals surface area contributed by atoms with Crippen LogP contribution in [-0.4, -0.2) is 156 Å². The van der Waals surface area contributed by atoms with Crippen molar-refractivity contribution in [2.45, 2.75) is 137 Å². The van der Waals surface area contributed by atoms with Gasteiger partial charge in [-0.25, -0.2) is 44.9 Å². The van der Waals surface area contributed by atoms with Gasteiger partial charge in [0.15, 0.2) is 23.1 Å². The lowest BCUT2D eigenvalue weighted by atomic mass is 9.95. The summed E-state index contributed by atoms with van der Waals surface area (Å²) in [5, 5.41) is 0. The second-order valence-electron chi connectivity index (χ2n) is 36.1. The number of likely N-dealkylation sites (N-methyl/N-ethyl adjacent to an activating group) is 1. The lowest BCUT2D eigenvalue weighted by molar-refractivity contribution is -0.139. The summed E-state index contributed by atoms with van der Waals surface area (Å²) in [6, 6.07) is 40.3. The van der Waals surface area contributed by atoms with Gasteiger partial charge in [0, 0.05) is 203 Å². The van der Waals surface area contributed by atoms with Crippen LogP contribution in [0.3, 0.4) is 0 Å². The number of hydrogen-bond acceptors (Lipinski definition) is 17. The Kier molecular flexibility index (Phi) is 35.2. The number of piperidine rings is 1. The molecule has 0 saturated carbocycles. The van der Waals surface area contributed by atoms with Gasteiger partial charge in [-0.2, -0.15) is 52.7 Å². The second-order valence-corrected chi connectivity index (χ2v) is 36.1. The molecule has 3 aliphatic rings. The predicted molar refractivity (Wildman–Crippen MR) is 526 cm³/mol. The molecule has 0 bridgehead atoms. The van der Waals surface area contributed by atoms with E-state index in [9.17, 15) is 71.9 Å². The van der Waals surface area contributed by atoms with E-state index in [0.29, 0.717) is 107 Å². The maximum Gasteiger partial charge on any atom is 0.416 e. The number of aromatic nitrogens is 11. The summed E-state index contributed by atoms with van der Waals surface area (Å²) in [5.74, 6) is 23.3. The average molecular weight is 1970 g/mol. The van der Waals surface area contributed by atoms with Crippen LogP contribution in [0.25, 0.3) is 5.69 Å². The Morgan fingerprint density at radius 2 is 0.717 bits per heavy atom. The summed E-state index contributed by atoms with van der Waals surface area (Å²) in [5.41, 5.74) is 10.8. The van der Waals surface area contributed by atoms with Crippen molar-refractivity contribution < 1.29 is 71.9 Å². The van der Waals surface area contributed by atoms with E-state index in [2.05, 4.69) is 114 Å². The van der Waals surface area contributed by atoms with Gasteiger partial charge in [-0.15, -0.1) is 0 Å². The van der Waals surface area contributed by atoms with Gasteiger partial charge in [0.05, 0.1) is 56.5 Å². The van der Waals surface area contributed by atoms with Gasteiger partial charge < -0.3 is 14.0 Å². The van der Waals surface area contributed by atoms with Crippen molar-refractivity contribution in [3.63, 3.8) is 0 Å². The molecular formula is C114H101F12N15O4. The highest BCUT2D eigenvalue weighted by atomic mass is 19.4. The second kappa shape index (κ2) is 48.5. The first kappa shape index (κ1) is 105. The van der Waals surface area contributed by atoms with Gasteiger partial charge in [0.1, 0.15) is 25.3 Å². The lowest BCUT2D eigenvalue weighted by Crippen LogP contribution is -2.44. The van der Waals surface area contributed by atoms with Crippen molar-refractivity contribution in [3.8, 4) is 53.1 Å². The largest absolute Gasteiger partial charge is 0.416 e. The third-order valence-electron chi connectivity index (χ3n) is 24.6. The number of benzene rings is 8. The van der Waals surface area contributed by atoms with Crippen LogP contribution in [0.4, 0.5) is 52.7 Å². The fourth-order valence-corrected chi connectivity index (χ4v) is 16.7. The Balaban J connectivity index is 0.000000153. The van der Waals surface area contributed by atoms with E-state index in [1.807, 2.05) is 39.6 Å². The molecule has 17 rings (SSSR count). The summed E-state index contributed by atoms with van der Waals surface area (Å²) >= 11 is 0. The van der Waals surface area contributed by atoms with Crippen molar-refractivity contribution >= 4 is 23.1 Å². The number of halogens is 12. The van der Waals surface area contributed by atoms with E-state index < -0.39 is 47.0 Å². The molecule has 740 valence electrons. The highest BCUT2D eigenvalue weighted by Gasteiger charge is 2.38. The first-order valence-corrected chi connectivity index (χ1v) is 46.8. The molecule has 6 aromatic heterocycles. The van der Waals surface area contributed by atoms with E-state index in [0.717, 1.165) is 142 Å². The molecule has 31 heteroatoms. The van der Waals surface area contributed by atoms with Crippen LogP contribution in [0.1, 0.15) is 208 Å². The molecule has 1 atom stereocenters. The van der Waals surface area contributed by atoms with Gasteiger partial charge in [-0.1, -0.05) is 133 Å². The Hall–Kier alpha value is -15.5. The van der Waals surface area contributed by atoms with Gasteiger partial charge >= 0.3 is 24.7 Å². The quantitative estimate of drug-likeness (QED) is 0.0372. The molecule has 3 saturated heterocycles. The van der Waals surface area contributed by atoms with Crippen LogP contribution in [0.2, 0.25) is 0 Å². The van der Waals surface area contributed by atoms with Gasteiger partial charge in [-0.3, -0.25) is 33.9 Å². The molecule has 3 aliphatic heterocycles. The molecule has 0 amide bonds. The maximum atomic E-state index is 13.9. The van der Waals surface area contributed by atoms with Crippen molar-refractivity contribution in [3.05, 3.63) is 413 Å². The van der Waals surface area contributed by atoms with Gasteiger partial charge in [0.2, 0.25) is 0 Å². The first-order chi connectivity index (χ1) is 69.4. The van der Waals surface area contributed by atoms with E-state index in [1.54, 1.807) is 186 Å². The van der Waals surface area contributed by atoms with Crippen molar-refractivity contribution in [2.24, 2.45) is 5.92 Å². The third kappa shape index (κ3) is 31.0. The fourth-order valence-electron chi connectivity index (χ4n) is 16.7. The number of likely N-dealkylation sites (tertiary alicyclic amines) is 2. The van der Waals surface area contributed by atoms with E-state index in [-0.39, 0.29) is 85.1 Å². The monoisotopic (exact) mass is 1970 g/mol. The normalized spacial score (nSPS) is 14.0. The minimum absolute atomic E-state index is 0.118. The molecule has 14 aromatic rings. The van der Waals surface area contributed by atoms with Gasteiger partial charge in [-0.05, 0) is 226 Å². The summed E-state index contributed by atoms with van der Waals surface area (Å²) < 4.78 is 169. The number of piperazine rings is 1. The van der Waals surface area contributed by atoms with Crippen molar-refractivity contribution in [1.29, 1.82) is 0 Å². The molecule has 0 spiro atoms. The standard InChI is InChI=1S/C30H26F3N5O.C29H28F3N3O.C28H27F3N4O.C27H20F3N3O/c1-21-4-6-25(13-24(21)7-5-22-15-34-19-35-16-22)29(39)12-23-10-26(30(31,32)33)14-28(11-23)38-18-27(36-20-38)17-37-8-2-3-9-37;1-20-4-3-11-35(17-20)18-26-10-6-22(12-27(26)29(30,31)32)13-28(36)25-8-5-21(2)24(14-25)9-7-23-15-33-19-34-16-23;1-20-3-6-24(15-23(20)7-5-22-16-32-19-33-17-22)27(36)14-21-4-8-25(26(13-21)28(29,30)31)18-35-11-9-34(2)10-12-35;1-19-4-6-24(14-23(19)7-5-20-15-31-18-32-16-20)26(34)13-21-10-22(17-33-8-2-3-9-33)12-25(11-21)27(28,29)30/h4,6,10-11,13-16,18-20H,2-3,8-9,12,17H2,1H3;5-6,8,10,12,14-16,19-20H,3-4,11,13,17-18H2,1-2H3;3-4,6,8,13,15-17,19H,9-12,14,18H2,1-2H3;2-4,6,8-12,14-16,18H,13,17H2,1H3. The number of alkyl halides is 12. The number of hydrogen-bond donors (Lipinski definition) is 0. The summed E-state index contributed by atoms with van der Waals surface area (Å²) in [6.45, 7) is 17.8. The molecule has 145 heavy (non-hydrogen) atoms. The third-order valence-corrected chi connectivity index (χ3v) is 24.6. The predicted octanol–water partition coefficient (Wildman–Crippen LogP) is 21.1. The molecule has 0 radical (unpaired) electrons. The molecular weight excluding hydrogens is 1870 g/mol. The number of Topliss-reactive ketones (excluding diaryl/α,β-unsaturated/α-hetero) is 4. The molecule has 0 aliphatic carbocycles. The van der Waals surface area contributed by atoms with Crippen molar-refractivity contribution in [1.82, 2.24) is 73.6 Å². The van der Waals surface area contributed by atoms with Crippen LogP contribution in [0.5, 0.6) is 0 Å². The molecule has 8 aromatic carbocycles. The Morgan fingerprint density at radius 1 is 0.359 bits per heavy atom. The molecule has 19 nitrogen and oxygen atoms in total. The van der Waals surface area contributed by atoms with Crippen LogP contribution in [0, 0.1) is 81.0 Å². The molecule has 9 heterocycles. The summed E-state index contributed by atoms with van der Waals surface area (Å²) in [6.07, 6.45) is 11.0. The Bertz CT molecular complexity index is 7200. The number of ketones is 4. The Morgan fingerprint density at radius 3 is 1.10 bits per heavy atom. The van der Waals surface area contributed by atoms with E-state index >= 15 is 0 Å². The zero-order valence-corrected chi connectivity index (χ0v) is 80.3. The molecule has 3 fully saturated rings. The number of aryl methyl sites for hydroxylation is 4. The fraction of sp³-hybridized carbons (Fsp3) is 0.272. The SMILES string of the molecule is Cc1ccc(C(=O)Cc2cc(-n3cnc(CN4CCCC4)c3)cc(C(F)(F)F)c2)cc1C#Cc1cncnc1.Cc1ccc(C(=O)Cc2cc(Cn3cccc3)cc(C(F)(F)F)c2)cc1C#Cc1cncnc1.Cc1ccc(C(=O)Cc2ccc(CN3CCCC(C)C3)c(C(F)(F)F)c2)cc1C#Cc1cncnc1.Cc1ccc(C(=O)Cc2ccc(CN3CCN(C)CC3)c(C(F)(F)F)c2)cc1C#Cc1cncnc1. The van der Waals surface area contributed by atoms with Crippen molar-refractivity contribution in [2.75, 3.05) is 59.4 Å². The zero-order valence-electron chi connectivity index (χ0n) is 80.3. The highest BCUT2D eigenvalue weighted by Crippen LogP contribution is 2.39. The topological polar surface area (TPSA) is 207 Å². The van der Waals surface area contributed by atoms with Gasteiger partial charge in [0.25, 0.3) is 0 Å². The number of carbonyl (C=O) groups excluding carboxylic acids is 4. The smallest absolute Gasteiger partial charge is 0.350 e. The maximum absolute atomic E-state index is 13.9. The van der Waals surface area contributed by atoms with Crippen LogP contribution >= 0.6 is 0 Å². The van der Waals surface area contributed by atoms with Crippen LogP contribution in [0.15, 0.2) is 258 Å². The molecule has 0 N–H and O–H groups in total. The average Bonchev–Trinajstić information content (AvgIpc) is 1.80. The first-order valence-electron chi connectivity index (χ1n) is 46.8. The number of carbonyl (C=O) groups is 4. The number of nitrogens with zero attached hydrogens (tertiary/aromatic N) is 15. The summed E-state index contributed by atoms with van der Waals surface area (Å²) in [7, 11) is 2.01.